The second-order valence-corrected chi connectivity index (χ2v) is 6.78. The lowest BCUT2D eigenvalue weighted by Gasteiger charge is -2.33. The van der Waals surface area contributed by atoms with Gasteiger partial charge in [-0.3, -0.25) is 4.79 Å². The van der Waals surface area contributed by atoms with Crippen molar-refractivity contribution in [1.29, 1.82) is 0 Å². The SMILES string of the molecule is CNC1(C(N)=O)CCCC1CCN(C)CCOCC1CC1. The number of nitrogens with two attached hydrogens (primary N) is 1. The Hall–Kier alpha value is -0.650. The topological polar surface area (TPSA) is 67.6 Å². The number of carbonyl (C=O) groups excluding carboxylic acids is 1. The minimum absolute atomic E-state index is 0.192. The van der Waals surface area contributed by atoms with Crippen molar-refractivity contribution in [3.05, 3.63) is 0 Å². The molecule has 2 rings (SSSR count). The van der Waals surface area contributed by atoms with Crippen molar-refractivity contribution in [2.45, 2.75) is 44.1 Å². The van der Waals surface area contributed by atoms with Crippen LogP contribution in [0.2, 0.25) is 0 Å². The summed E-state index contributed by atoms with van der Waals surface area (Å²) in [6.07, 6.45) is 6.76. The van der Waals surface area contributed by atoms with Crippen LogP contribution in [0.3, 0.4) is 0 Å². The zero-order chi connectivity index (χ0) is 15.3. The maximum Gasteiger partial charge on any atom is 0.238 e. The fourth-order valence-electron chi connectivity index (χ4n) is 3.49. The van der Waals surface area contributed by atoms with Crippen LogP contribution in [0.1, 0.15) is 38.5 Å². The summed E-state index contributed by atoms with van der Waals surface area (Å²) in [6, 6.07) is 0. The van der Waals surface area contributed by atoms with E-state index in [9.17, 15) is 4.79 Å². The van der Waals surface area contributed by atoms with Crippen LogP contribution in [0.5, 0.6) is 0 Å². The van der Waals surface area contributed by atoms with Gasteiger partial charge in [0.05, 0.1) is 6.61 Å². The van der Waals surface area contributed by atoms with Gasteiger partial charge >= 0.3 is 0 Å². The molecule has 0 spiro atoms. The van der Waals surface area contributed by atoms with E-state index in [2.05, 4.69) is 17.3 Å². The molecule has 21 heavy (non-hydrogen) atoms. The Morgan fingerprint density at radius 2 is 2.14 bits per heavy atom. The lowest BCUT2D eigenvalue weighted by atomic mass is 9.84. The van der Waals surface area contributed by atoms with Crippen LogP contribution in [0.15, 0.2) is 0 Å². The number of carbonyl (C=O) groups is 1. The highest BCUT2D eigenvalue weighted by atomic mass is 16.5. The van der Waals surface area contributed by atoms with Crippen LogP contribution >= 0.6 is 0 Å². The van der Waals surface area contributed by atoms with Gasteiger partial charge in [0.25, 0.3) is 0 Å². The van der Waals surface area contributed by atoms with Gasteiger partial charge in [-0.1, -0.05) is 6.42 Å². The van der Waals surface area contributed by atoms with Crippen molar-refractivity contribution in [1.82, 2.24) is 10.2 Å². The predicted octanol–water partition coefficient (Wildman–Crippen LogP) is 0.978. The molecular formula is C16H31N3O2. The van der Waals surface area contributed by atoms with Gasteiger partial charge < -0.3 is 20.7 Å². The van der Waals surface area contributed by atoms with Gasteiger partial charge in [-0.05, 0) is 64.6 Å². The highest BCUT2D eigenvalue weighted by Gasteiger charge is 2.46. The maximum atomic E-state index is 11.8. The zero-order valence-electron chi connectivity index (χ0n) is 13.6. The molecule has 122 valence electrons. The summed E-state index contributed by atoms with van der Waals surface area (Å²) in [5.74, 6) is 0.998. The van der Waals surface area contributed by atoms with Crippen molar-refractivity contribution < 1.29 is 9.53 Å². The normalized spacial score (nSPS) is 29.2. The molecule has 0 aromatic heterocycles. The third kappa shape index (κ3) is 4.41. The molecule has 0 aromatic carbocycles. The Morgan fingerprint density at radius 3 is 2.76 bits per heavy atom. The van der Waals surface area contributed by atoms with Crippen LogP contribution in [-0.2, 0) is 9.53 Å². The lowest BCUT2D eigenvalue weighted by molar-refractivity contribution is -0.125. The number of likely N-dealkylation sites (N-methyl/N-ethyl adjacent to an activating group) is 2. The minimum Gasteiger partial charge on any atom is -0.380 e. The molecule has 0 bridgehead atoms. The molecule has 2 unspecified atom stereocenters. The standard InChI is InChI=1S/C16H31N3O2/c1-18-16(15(17)20)8-3-4-14(16)7-9-19(2)10-11-21-12-13-5-6-13/h13-14,18H,3-12H2,1-2H3,(H2,17,20). The first kappa shape index (κ1) is 16.7. The van der Waals surface area contributed by atoms with E-state index >= 15 is 0 Å². The van der Waals surface area contributed by atoms with Crippen molar-refractivity contribution >= 4 is 5.91 Å². The number of hydrogen-bond donors (Lipinski definition) is 2. The Balaban J connectivity index is 1.66. The van der Waals surface area contributed by atoms with Crippen LogP contribution in [0.25, 0.3) is 0 Å². The van der Waals surface area contributed by atoms with Crippen LogP contribution in [-0.4, -0.2) is 56.7 Å². The Labute approximate surface area is 128 Å². The van der Waals surface area contributed by atoms with Crippen molar-refractivity contribution in [2.24, 2.45) is 17.6 Å². The average Bonchev–Trinajstić information content (AvgIpc) is 3.19. The van der Waals surface area contributed by atoms with Gasteiger partial charge in [0.15, 0.2) is 0 Å². The Morgan fingerprint density at radius 1 is 1.38 bits per heavy atom. The maximum absolute atomic E-state index is 11.8. The van der Waals surface area contributed by atoms with E-state index in [1.165, 1.54) is 12.8 Å². The van der Waals surface area contributed by atoms with Gasteiger partial charge in [0.1, 0.15) is 5.54 Å². The number of ether oxygens (including phenoxy) is 1. The quantitative estimate of drug-likeness (QED) is 0.590. The van der Waals surface area contributed by atoms with Crippen LogP contribution in [0.4, 0.5) is 0 Å². The monoisotopic (exact) mass is 297 g/mol. The van der Waals surface area contributed by atoms with E-state index < -0.39 is 5.54 Å². The third-order valence-corrected chi connectivity index (χ3v) is 5.23. The molecule has 0 heterocycles. The van der Waals surface area contributed by atoms with Crippen molar-refractivity contribution in [2.75, 3.05) is 40.4 Å². The number of rotatable bonds is 10. The number of nitrogens with zero attached hydrogens (tertiary/aromatic N) is 1. The fourth-order valence-corrected chi connectivity index (χ4v) is 3.49. The molecule has 0 radical (unpaired) electrons. The molecule has 2 aliphatic carbocycles. The van der Waals surface area contributed by atoms with E-state index in [1.807, 2.05) is 7.05 Å². The van der Waals surface area contributed by atoms with E-state index in [-0.39, 0.29) is 5.91 Å². The second-order valence-electron chi connectivity index (χ2n) is 6.78. The summed E-state index contributed by atoms with van der Waals surface area (Å²) in [6.45, 7) is 3.70. The second kappa shape index (κ2) is 7.56. The lowest BCUT2D eigenvalue weighted by Crippen LogP contribution is -2.56. The zero-order valence-corrected chi connectivity index (χ0v) is 13.6. The molecule has 2 fully saturated rings. The van der Waals surface area contributed by atoms with E-state index in [0.717, 1.165) is 57.9 Å². The number of nitrogens with one attached hydrogen (secondary N) is 1. The fraction of sp³-hybridized carbons (Fsp3) is 0.938. The molecule has 5 heteroatoms. The third-order valence-electron chi connectivity index (χ3n) is 5.23. The highest BCUT2D eigenvalue weighted by Crippen LogP contribution is 2.37. The number of primary amides is 1. The van der Waals surface area contributed by atoms with Gasteiger partial charge in [0.2, 0.25) is 5.91 Å². The van der Waals surface area contributed by atoms with Crippen molar-refractivity contribution in [3.8, 4) is 0 Å². The van der Waals surface area contributed by atoms with Gasteiger partial charge in [-0.2, -0.15) is 0 Å². The summed E-state index contributed by atoms with van der Waals surface area (Å²) in [5, 5.41) is 3.20. The first-order valence-electron chi connectivity index (χ1n) is 8.33. The minimum atomic E-state index is -0.483. The first-order valence-corrected chi connectivity index (χ1v) is 8.33. The van der Waals surface area contributed by atoms with Gasteiger partial charge in [-0.25, -0.2) is 0 Å². The average molecular weight is 297 g/mol. The molecule has 0 aromatic rings. The summed E-state index contributed by atoms with van der Waals surface area (Å²) >= 11 is 0. The molecule has 0 saturated heterocycles. The molecular weight excluding hydrogens is 266 g/mol. The van der Waals surface area contributed by atoms with Crippen LogP contribution < -0.4 is 11.1 Å². The van der Waals surface area contributed by atoms with Crippen LogP contribution in [0, 0.1) is 11.8 Å². The number of hydrogen-bond acceptors (Lipinski definition) is 4. The highest BCUT2D eigenvalue weighted by molar-refractivity contribution is 5.85. The molecule has 2 atom stereocenters. The molecule has 5 nitrogen and oxygen atoms in total. The summed E-state index contributed by atoms with van der Waals surface area (Å²) in [5.41, 5.74) is 5.15. The first-order chi connectivity index (χ1) is 10.1. The Bertz CT molecular complexity index is 346. The molecule has 2 saturated carbocycles. The van der Waals surface area contributed by atoms with Crippen molar-refractivity contribution in [3.63, 3.8) is 0 Å². The van der Waals surface area contributed by atoms with Gasteiger partial charge in [0, 0.05) is 13.2 Å². The molecule has 1 amide bonds. The Kier molecular flexibility index (Phi) is 6.02. The molecule has 3 N–H and O–H groups in total. The summed E-state index contributed by atoms with van der Waals surface area (Å²) < 4.78 is 5.67. The summed E-state index contributed by atoms with van der Waals surface area (Å²) in [4.78, 5) is 14.1. The predicted molar refractivity (Wildman–Crippen MR) is 84.0 cm³/mol. The smallest absolute Gasteiger partial charge is 0.238 e. The van der Waals surface area contributed by atoms with E-state index in [4.69, 9.17) is 10.5 Å². The molecule has 0 aliphatic heterocycles. The number of amides is 1. The van der Waals surface area contributed by atoms with E-state index in [1.54, 1.807) is 0 Å². The van der Waals surface area contributed by atoms with E-state index in [0.29, 0.717) is 5.92 Å². The summed E-state index contributed by atoms with van der Waals surface area (Å²) in [7, 11) is 3.99. The largest absolute Gasteiger partial charge is 0.380 e. The van der Waals surface area contributed by atoms with Gasteiger partial charge in [-0.15, -0.1) is 0 Å². The molecule has 2 aliphatic rings.